The lowest BCUT2D eigenvalue weighted by Gasteiger charge is -2.33. The summed E-state index contributed by atoms with van der Waals surface area (Å²) in [5, 5.41) is 18.1. The quantitative estimate of drug-likeness (QED) is 0.513. The minimum Gasteiger partial charge on any atom is -0.479 e. The summed E-state index contributed by atoms with van der Waals surface area (Å²) in [6.07, 6.45) is 0. The maximum Gasteiger partial charge on any atom is 0.341 e. The summed E-state index contributed by atoms with van der Waals surface area (Å²) in [7, 11) is 0. The van der Waals surface area contributed by atoms with Crippen LogP contribution in [0, 0.1) is 5.41 Å². The molecule has 0 spiro atoms. The molecule has 0 saturated carbocycles. The average molecular weight is 522 g/mol. The van der Waals surface area contributed by atoms with Gasteiger partial charge in [-0.1, -0.05) is 53.7 Å². The smallest absolute Gasteiger partial charge is 0.341 e. The molecule has 0 aromatic heterocycles. The molecule has 38 heavy (non-hydrogen) atoms. The van der Waals surface area contributed by atoms with Crippen LogP contribution in [0.4, 0.5) is 5.69 Å². The fourth-order valence-electron chi connectivity index (χ4n) is 4.91. The molecule has 2 aromatic rings. The maximum atomic E-state index is 13.7. The lowest BCUT2D eigenvalue weighted by Crippen LogP contribution is -2.37. The van der Waals surface area contributed by atoms with Crippen molar-refractivity contribution in [3.05, 3.63) is 58.1 Å². The van der Waals surface area contributed by atoms with Crippen LogP contribution in [0.15, 0.2) is 30.3 Å². The first-order chi connectivity index (χ1) is 17.8. The van der Waals surface area contributed by atoms with Gasteiger partial charge in [0, 0.05) is 36.3 Å². The molecule has 0 aliphatic carbocycles. The maximum absolute atomic E-state index is 13.7. The zero-order valence-electron chi connectivity index (χ0n) is 23.3. The van der Waals surface area contributed by atoms with Crippen LogP contribution in [0.25, 0.3) is 0 Å². The summed E-state index contributed by atoms with van der Waals surface area (Å²) in [6, 6.07) is 9.89. The predicted octanol–water partition coefficient (Wildman–Crippen LogP) is 4.61. The van der Waals surface area contributed by atoms with E-state index in [-0.39, 0.29) is 17.7 Å². The number of morpholine rings is 1. The van der Waals surface area contributed by atoms with Crippen molar-refractivity contribution in [2.75, 3.05) is 44.4 Å². The van der Waals surface area contributed by atoms with E-state index in [1.165, 1.54) is 0 Å². The molecule has 1 fully saturated rings. The van der Waals surface area contributed by atoms with E-state index in [1.807, 2.05) is 37.8 Å². The summed E-state index contributed by atoms with van der Waals surface area (Å²) in [5.74, 6) is -0.289. The van der Waals surface area contributed by atoms with Crippen LogP contribution in [0.1, 0.15) is 74.2 Å². The third-order valence-corrected chi connectivity index (χ3v) is 7.13. The van der Waals surface area contributed by atoms with Gasteiger partial charge in [0.25, 0.3) is 0 Å². The van der Waals surface area contributed by atoms with E-state index in [9.17, 15) is 14.7 Å². The van der Waals surface area contributed by atoms with Crippen LogP contribution in [0.3, 0.4) is 0 Å². The lowest BCUT2D eigenvalue weighted by atomic mass is 9.84. The van der Waals surface area contributed by atoms with E-state index in [2.05, 4.69) is 43.9 Å². The highest BCUT2D eigenvalue weighted by atomic mass is 16.5. The van der Waals surface area contributed by atoms with Gasteiger partial charge < -0.3 is 24.4 Å². The Morgan fingerprint density at radius 3 is 2.32 bits per heavy atom. The summed E-state index contributed by atoms with van der Waals surface area (Å²) in [6.45, 7) is 15.0. The van der Waals surface area contributed by atoms with Crippen molar-refractivity contribution in [2.45, 2.75) is 58.9 Å². The van der Waals surface area contributed by atoms with Gasteiger partial charge >= 0.3 is 5.97 Å². The minimum atomic E-state index is -1.06. The number of anilines is 1. The number of benzene rings is 2. The Hall–Kier alpha value is -3.39. The molecule has 0 atom stereocenters. The molecule has 1 saturated heterocycles. The molecule has 0 radical (unpaired) electrons. The van der Waals surface area contributed by atoms with Gasteiger partial charge in [-0.2, -0.15) is 0 Å². The van der Waals surface area contributed by atoms with Crippen LogP contribution >= 0.6 is 0 Å². The van der Waals surface area contributed by atoms with Gasteiger partial charge in [-0.15, -0.1) is 0 Å². The molecule has 8 heteroatoms. The van der Waals surface area contributed by atoms with E-state index < -0.39 is 18.0 Å². The first-order valence-electron chi connectivity index (χ1n) is 13.1. The topological polar surface area (TPSA) is 103 Å². The molecule has 2 N–H and O–H groups in total. The van der Waals surface area contributed by atoms with Crippen molar-refractivity contribution >= 4 is 23.3 Å². The largest absolute Gasteiger partial charge is 0.479 e. The molecule has 2 heterocycles. The van der Waals surface area contributed by atoms with Gasteiger partial charge in [0.1, 0.15) is 11.6 Å². The molecule has 4 rings (SSSR count). The van der Waals surface area contributed by atoms with E-state index in [4.69, 9.17) is 14.9 Å². The summed E-state index contributed by atoms with van der Waals surface area (Å²) in [5.41, 5.74) is 4.69. The second kappa shape index (κ2) is 10.4. The Labute approximate surface area is 225 Å². The van der Waals surface area contributed by atoms with E-state index >= 15 is 0 Å². The molecule has 2 aliphatic heterocycles. The Kier molecular flexibility index (Phi) is 7.57. The highest BCUT2D eigenvalue weighted by Crippen LogP contribution is 2.41. The number of Topliss-reactive ketones (excluding diaryl/α,β-unsaturated/α-hetero) is 1. The SMILES string of the molecule is CC(C)(C)c1ccc2c(c1)C(=N)N(CC(=O)c1cc(N3CCOCC3)c(OCC(=O)O)c(C(C)(C)C)c1)C2. The molecule has 2 aliphatic rings. The highest BCUT2D eigenvalue weighted by Gasteiger charge is 2.31. The van der Waals surface area contributed by atoms with Crippen LogP contribution in [-0.4, -0.2) is 67.0 Å². The number of nitrogens with one attached hydrogen (secondary N) is 1. The fourth-order valence-corrected chi connectivity index (χ4v) is 4.91. The molecular weight excluding hydrogens is 482 g/mol. The average Bonchev–Trinajstić information content (AvgIpc) is 3.16. The Morgan fingerprint density at radius 2 is 1.71 bits per heavy atom. The Balaban J connectivity index is 1.67. The minimum absolute atomic E-state index is 0.0255. The summed E-state index contributed by atoms with van der Waals surface area (Å²) < 4.78 is 11.4. The third-order valence-electron chi connectivity index (χ3n) is 7.13. The summed E-state index contributed by atoms with van der Waals surface area (Å²) in [4.78, 5) is 29.0. The van der Waals surface area contributed by atoms with Gasteiger partial charge in [0.05, 0.1) is 25.4 Å². The number of amidine groups is 1. The van der Waals surface area contributed by atoms with Crippen molar-refractivity contribution in [3.8, 4) is 5.75 Å². The lowest BCUT2D eigenvalue weighted by molar-refractivity contribution is -0.139. The summed E-state index contributed by atoms with van der Waals surface area (Å²) >= 11 is 0. The van der Waals surface area contributed by atoms with Gasteiger partial charge in [0.2, 0.25) is 0 Å². The second-order valence-corrected chi connectivity index (χ2v) is 12.2. The van der Waals surface area contributed by atoms with Crippen LogP contribution in [-0.2, 0) is 26.9 Å². The van der Waals surface area contributed by atoms with Crippen molar-refractivity contribution < 1.29 is 24.2 Å². The molecule has 0 unspecified atom stereocenters. The Bertz CT molecular complexity index is 1250. The number of carbonyl (C=O) groups is 2. The number of fused-ring (bicyclic) bond motifs is 1. The number of hydrogen-bond acceptors (Lipinski definition) is 6. The van der Waals surface area contributed by atoms with Crippen molar-refractivity contribution in [2.24, 2.45) is 0 Å². The molecule has 2 aromatic carbocycles. The van der Waals surface area contributed by atoms with Gasteiger partial charge in [0.15, 0.2) is 12.4 Å². The number of ether oxygens (including phenoxy) is 2. The molecule has 8 nitrogen and oxygen atoms in total. The van der Waals surface area contributed by atoms with Crippen LogP contribution in [0.2, 0.25) is 0 Å². The van der Waals surface area contributed by atoms with Gasteiger partial charge in [-0.25, -0.2) is 4.79 Å². The standard InChI is InChI=1S/C30H39N3O5/c1-29(2,3)21-8-7-19-16-33(28(31)22(19)15-21)17-25(34)20-13-23(30(4,5)6)27(38-18-26(35)36)24(14-20)32-9-11-37-12-10-32/h7-8,13-15,31H,9-12,16-18H2,1-6H3,(H,35,36). The fraction of sp³-hybridized carbons (Fsp3) is 0.500. The number of rotatable bonds is 7. The molecule has 0 amide bonds. The van der Waals surface area contributed by atoms with Crippen LogP contribution < -0.4 is 9.64 Å². The number of hydrogen-bond donors (Lipinski definition) is 2. The normalized spacial score (nSPS) is 16.0. The zero-order valence-corrected chi connectivity index (χ0v) is 23.3. The molecular formula is C30H39N3O5. The number of ketones is 1. The molecule has 0 bridgehead atoms. The number of carbonyl (C=O) groups excluding carboxylic acids is 1. The number of carboxylic acid groups (broad SMARTS) is 1. The first-order valence-corrected chi connectivity index (χ1v) is 13.1. The van der Waals surface area contributed by atoms with E-state index in [0.29, 0.717) is 55.7 Å². The zero-order chi connectivity index (χ0) is 27.8. The van der Waals surface area contributed by atoms with Crippen molar-refractivity contribution in [3.63, 3.8) is 0 Å². The number of nitrogens with zero attached hydrogens (tertiary/aromatic N) is 2. The predicted molar refractivity (Wildman–Crippen MR) is 148 cm³/mol. The third kappa shape index (κ3) is 5.85. The van der Waals surface area contributed by atoms with Crippen molar-refractivity contribution in [1.29, 1.82) is 5.41 Å². The van der Waals surface area contributed by atoms with E-state index in [0.717, 1.165) is 22.3 Å². The number of carboxylic acids is 1. The number of aliphatic carboxylic acids is 1. The van der Waals surface area contributed by atoms with Gasteiger partial charge in [-0.3, -0.25) is 10.2 Å². The Morgan fingerprint density at radius 1 is 1.03 bits per heavy atom. The molecule has 204 valence electrons. The van der Waals surface area contributed by atoms with Crippen LogP contribution in [0.5, 0.6) is 5.75 Å². The van der Waals surface area contributed by atoms with E-state index in [1.54, 1.807) is 0 Å². The second-order valence-electron chi connectivity index (χ2n) is 12.2. The van der Waals surface area contributed by atoms with Gasteiger partial charge in [-0.05, 0) is 40.2 Å². The monoisotopic (exact) mass is 521 g/mol. The highest BCUT2D eigenvalue weighted by molar-refractivity contribution is 6.06. The first kappa shape index (κ1) is 27.6. The van der Waals surface area contributed by atoms with Crippen molar-refractivity contribution in [1.82, 2.24) is 4.90 Å².